The Balaban J connectivity index is 2.64. The molecule has 0 fully saturated rings. The molecule has 0 aliphatic rings. The summed E-state index contributed by atoms with van der Waals surface area (Å²) in [6, 6.07) is 7.17. The third-order valence-electron chi connectivity index (χ3n) is 3.57. The number of hydrogen-bond donors (Lipinski definition) is 2. The Kier molecular flexibility index (Phi) is 8.27. The summed E-state index contributed by atoms with van der Waals surface area (Å²) in [4.78, 5) is 0. The van der Waals surface area contributed by atoms with Crippen molar-refractivity contribution in [1.82, 2.24) is 5.32 Å². The van der Waals surface area contributed by atoms with E-state index in [1.807, 2.05) is 11.8 Å². The number of aliphatic hydroxyl groups excluding tert-OH is 1. The van der Waals surface area contributed by atoms with Crippen molar-refractivity contribution in [2.75, 3.05) is 24.7 Å². The molecule has 1 aromatic rings. The van der Waals surface area contributed by atoms with Crippen LogP contribution < -0.4 is 5.32 Å². The maximum absolute atomic E-state index is 9.10. The summed E-state index contributed by atoms with van der Waals surface area (Å²) >= 11 is 1.93. The Morgan fingerprint density at radius 2 is 1.95 bits per heavy atom. The highest BCUT2D eigenvalue weighted by atomic mass is 32.2. The van der Waals surface area contributed by atoms with Gasteiger partial charge in [-0.25, -0.2) is 0 Å². The maximum Gasteiger partial charge on any atom is 0.0464 e. The van der Waals surface area contributed by atoms with Gasteiger partial charge in [0.2, 0.25) is 0 Å². The molecule has 2 nitrogen and oxygen atoms in total. The van der Waals surface area contributed by atoms with E-state index < -0.39 is 0 Å². The zero-order valence-corrected chi connectivity index (χ0v) is 14.1. The summed E-state index contributed by atoms with van der Waals surface area (Å²) in [5.74, 6) is 2.46. The molecule has 2 atom stereocenters. The summed E-state index contributed by atoms with van der Waals surface area (Å²) < 4.78 is 0. The van der Waals surface area contributed by atoms with Crippen molar-refractivity contribution in [3.63, 3.8) is 0 Å². The van der Waals surface area contributed by atoms with Gasteiger partial charge in [-0.2, -0.15) is 11.8 Å². The van der Waals surface area contributed by atoms with E-state index in [-0.39, 0.29) is 6.61 Å². The van der Waals surface area contributed by atoms with Crippen molar-refractivity contribution in [3.05, 3.63) is 34.9 Å². The number of rotatable bonds is 9. The number of aliphatic hydroxyl groups is 1. The highest BCUT2D eigenvalue weighted by molar-refractivity contribution is 7.99. The molecule has 2 unspecified atom stereocenters. The summed E-state index contributed by atoms with van der Waals surface area (Å²) in [7, 11) is 0. The topological polar surface area (TPSA) is 32.3 Å². The number of nitrogens with one attached hydrogen (secondary N) is 1. The van der Waals surface area contributed by atoms with Gasteiger partial charge in [0.25, 0.3) is 0 Å². The summed E-state index contributed by atoms with van der Waals surface area (Å²) in [5.41, 5.74) is 4.09. The second-order valence-electron chi connectivity index (χ2n) is 5.68. The summed E-state index contributed by atoms with van der Waals surface area (Å²) in [6.07, 6.45) is 1.15. The Morgan fingerprint density at radius 3 is 2.55 bits per heavy atom. The third-order valence-corrected chi connectivity index (χ3v) is 4.95. The first-order valence-corrected chi connectivity index (χ1v) is 8.73. The van der Waals surface area contributed by atoms with Crippen LogP contribution in [0.25, 0.3) is 0 Å². The van der Waals surface area contributed by atoms with Gasteiger partial charge in [0.05, 0.1) is 0 Å². The molecule has 0 aromatic heterocycles. The Morgan fingerprint density at radius 1 is 1.20 bits per heavy atom. The van der Waals surface area contributed by atoms with Gasteiger partial charge in [0, 0.05) is 18.4 Å². The quantitative estimate of drug-likeness (QED) is 0.728. The van der Waals surface area contributed by atoms with Crippen molar-refractivity contribution in [1.29, 1.82) is 0 Å². The largest absolute Gasteiger partial charge is 0.396 e. The van der Waals surface area contributed by atoms with E-state index in [0.717, 1.165) is 24.5 Å². The van der Waals surface area contributed by atoms with E-state index in [0.29, 0.717) is 12.0 Å². The van der Waals surface area contributed by atoms with Crippen LogP contribution in [0, 0.1) is 19.8 Å². The minimum atomic E-state index is 0.281. The van der Waals surface area contributed by atoms with Gasteiger partial charge in [-0.3, -0.25) is 0 Å². The molecule has 114 valence electrons. The third kappa shape index (κ3) is 5.86. The van der Waals surface area contributed by atoms with Crippen LogP contribution in [0.1, 0.15) is 43.0 Å². The molecule has 20 heavy (non-hydrogen) atoms. The number of thioether (sulfide) groups is 1. The zero-order valence-electron chi connectivity index (χ0n) is 13.3. The van der Waals surface area contributed by atoms with Crippen LogP contribution in [0.5, 0.6) is 0 Å². The Bertz CT molecular complexity index is 395. The number of benzene rings is 1. The summed E-state index contributed by atoms with van der Waals surface area (Å²) in [6.45, 7) is 9.96. The molecule has 0 saturated heterocycles. The van der Waals surface area contributed by atoms with Gasteiger partial charge >= 0.3 is 0 Å². The van der Waals surface area contributed by atoms with Crippen molar-refractivity contribution >= 4 is 11.8 Å². The predicted molar refractivity (Wildman–Crippen MR) is 90.5 cm³/mol. The molecule has 0 aliphatic carbocycles. The summed E-state index contributed by atoms with van der Waals surface area (Å²) in [5, 5.41) is 12.7. The highest BCUT2D eigenvalue weighted by Gasteiger charge is 2.12. The first-order chi connectivity index (χ1) is 9.58. The maximum atomic E-state index is 9.10. The van der Waals surface area contributed by atoms with Crippen LogP contribution in [0.15, 0.2) is 18.2 Å². The van der Waals surface area contributed by atoms with Crippen LogP contribution in [-0.2, 0) is 0 Å². The van der Waals surface area contributed by atoms with Gasteiger partial charge in [-0.05, 0) is 55.2 Å². The Labute approximate surface area is 128 Å². The average molecular weight is 295 g/mol. The molecule has 0 radical (unpaired) electrons. The standard InChI is InChI=1S/C17H29NOS/c1-5-8-18-17(12-20-11-13(2)10-19)16-7-6-14(3)15(4)9-16/h6-7,9,13,17-19H,5,8,10-12H2,1-4H3. The van der Waals surface area contributed by atoms with Crippen molar-refractivity contribution in [2.24, 2.45) is 5.92 Å². The van der Waals surface area contributed by atoms with E-state index in [9.17, 15) is 0 Å². The molecule has 0 saturated carbocycles. The van der Waals surface area contributed by atoms with Crippen LogP contribution >= 0.6 is 11.8 Å². The molecule has 0 heterocycles. The van der Waals surface area contributed by atoms with Crippen LogP contribution in [0.3, 0.4) is 0 Å². The molecule has 0 spiro atoms. The number of aryl methyl sites for hydroxylation is 2. The lowest BCUT2D eigenvalue weighted by Crippen LogP contribution is -2.24. The SMILES string of the molecule is CCCNC(CSCC(C)CO)c1ccc(C)c(C)c1. The lowest BCUT2D eigenvalue weighted by atomic mass is 10.0. The van der Waals surface area contributed by atoms with Gasteiger partial charge in [-0.15, -0.1) is 0 Å². The van der Waals surface area contributed by atoms with Crippen LogP contribution in [0.4, 0.5) is 0 Å². The molecule has 0 aliphatic heterocycles. The minimum Gasteiger partial charge on any atom is -0.396 e. The van der Waals surface area contributed by atoms with Gasteiger partial charge in [-0.1, -0.05) is 32.0 Å². The first kappa shape index (κ1) is 17.5. The molecule has 0 amide bonds. The lowest BCUT2D eigenvalue weighted by molar-refractivity contribution is 0.250. The second kappa shape index (κ2) is 9.43. The van der Waals surface area contributed by atoms with E-state index in [1.165, 1.54) is 16.7 Å². The molecular formula is C17H29NOS. The Hall–Kier alpha value is -0.510. The fraction of sp³-hybridized carbons (Fsp3) is 0.647. The monoisotopic (exact) mass is 295 g/mol. The zero-order chi connectivity index (χ0) is 15.0. The molecule has 2 N–H and O–H groups in total. The smallest absolute Gasteiger partial charge is 0.0464 e. The first-order valence-electron chi connectivity index (χ1n) is 7.57. The van der Waals surface area contributed by atoms with Gasteiger partial charge < -0.3 is 10.4 Å². The molecule has 1 rings (SSSR count). The predicted octanol–water partition coefficient (Wildman–Crippen LogP) is 3.71. The highest BCUT2D eigenvalue weighted by Crippen LogP contribution is 2.22. The van der Waals surface area contributed by atoms with Crippen molar-refractivity contribution < 1.29 is 5.11 Å². The molecule has 0 bridgehead atoms. The normalized spacial score (nSPS) is 14.2. The van der Waals surface area contributed by atoms with Crippen LogP contribution in [0.2, 0.25) is 0 Å². The van der Waals surface area contributed by atoms with Gasteiger partial charge in [0.15, 0.2) is 0 Å². The van der Waals surface area contributed by atoms with Crippen molar-refractivity contribution in [2.45, 2.75) is 40.2 Å². The molecule has 3 heteroatoms. The fourth-order valence-corrected chi connectivity index (χ4v) is 3.20. The van der Waals surface area contributed by atoms with E-state index in [1.54, 1.807) is 0 Å². The van der Waals surface area contributed by atoms with E-state index >= 15 is 0 Å². The second-order valence-corrected chi connectivity index (χ2v) is 6.75. The lowest BCUT2D eigenvalue weighted by Gasteiger charge is -2.20. The van der Waals surface area contributed by atoms with Gasteiger partial charge in [0.1, 0.15) is 0 Å². The van der Waals surface area contributed by atoms with Crippen molar-refractivity contribution in [3.8, 4) is 0 Å². The average Bonchev–Trinajstić information content (AvgIpc) is 2.45. The van der Waals surface area contributed by atoms with E-state index in [2.05, 4.69) is 51.2 Å². The number of hydrogen-bond acceptors (Lipinski definition) is 3. The molecule has 1 aromatic carbocycles. The minimum absolute atomic E-state index is 0.281. The fourth-order valence-electron chi connectivity index (χ4n) is 2.01. The van der Waals surface area contributed by atoms with E-state index in [4.69, 9.17) is 5.11 Å². The molecular weight excluding hydrogens is 266 g/mol. The van der Waals surface area contributed by atoms with Crippen LogP contribution in [-0.4, -0.2) is 29.8 Å².